The molecule has 0 unspecified atom stereocenters. The number of sulfonamides is 1. The van der Waals surface area contributed by atoms with Crippen molar-refractivity contribution in [2.45, 2.75) is 56.7 Å². The summed E-state index contributed by atoms with van der Waals surface area (Å²) in [6.45, 7) is 2.84. The van der Waals surface area contributed by atoms with Crippen molar-refractivity contribution in [1.29, 1.82) is 0 Å². The summed E-state index contributed by atoms with van der Waals surface area (Å²) < 4.78 is 35.0. The smallest absolute Gasteiger partial charge is 0.408 e. The number of unbranched alkanes of at least 4 members (excludes halogenated alkanes) is 1. The zero-order valence-electron chi connectivity index (χ0n) is 24.1. The molecule has 11 nitrogen and oxygen atoms in total. The summed E-state index contributed by atoms with van der Waals surface area (Å²) in [6.07, 6.45) is 0.220. The number of aliphatic hydroxyl groups excluding tert-OH is 1. The van der Waals surface area contributed by atoms with Crippen molar-refractivity contribution < 1.29 is 27.5 Å². The number of carbonyl (C=O) groups is 2. The van der Waals surface area contributed by atoms with Crippen molar-refractivity contribution in [3.63, 3.8) is 0 Å². The Kier molecular flexibility index (Phi) is 10.5. The molecule has 1 aromatic heterocycles. The maximum Gasteiger partial charge on any atom is 0.420 e. The number of aromatic nitrogens is 1. The number of carbonyl (C=O) groups excluding carboxylic acids is 2. The van der Waals surface area contributed by atoms with Gasteiger partial charge in [0.25, 0.3) is 0 Å². The number of benzene rings is 3. The van der Waals surface area contributed by atoms with E-state index in [-0.39, 0.29) is 36.9 Å². The van der Waals surface area contributed by atoms with Crippen LogP contribution in [0.1, 0.15) is 32.3 Å². The van der Waals surface area contributed by atoms with E-state index in [2.05, 4.69) is 10.6 Å². The van der Waals surface area contributed by atoms with Gasteiger partial charge in [-0.1, -0.05) is 55.8 Å². The molecule has 43 heavy (non-hydrogen) atoms. The van der Waals surface area contributed by atoms with E-state index in [0.29, 0.717) is 23.2 Å². The Hall–Kier alpha value is -4.26. The Labute approximate surface area is 250 Å². The number of aliphatic hydroxyl groups is 1. The molecule has 4 aromatic rings. The lowest BCUT2D eigenvalue weighted by molar-refractivity contribution is -0.123. The summed E-state index contributed by atoms with van der Waals surface area (Å²) in [4.78, 5) is 37.0. The Morgan fingerprint density at radius 3 is 2.35 bits per heavy atom. The number of hydrogen-bond acceptors (Lipinski definition) is 7. The van der Waals surface area contributed by atoms with Gasteiger partial charge in [-0.15, -0.1) is 0 Å². The van der Waals surface area contributed by atoms with Crippen LogP contribution in [0.25, 0.3) is 11.1 Å². The van der Waals surface area contributed by atoms with Gasteiger partial charge in [0.1, 0.15) is 6.54 Å². The van der Waals surface area contributed by atoms with Gasteiger partial charge >= 0.3 is 5.76 Å². The summed E-state index contributed by atoms with van der Waals surface area (Å²) in [6, 6.07) is 20.9. The Bertz CT molecular complexity index is 1700. The molecule has 2 amide bonds. The van der Waals surface area contributed by atoms with Crippen LogP contribution in [-0.2, 0) is 32.6 Å². The summed E-state index contributed by atoms with van der Waals surface area (Å²) in [5.41, 5.74) is 2.10. The summed E-state index contributed by atoms with van der Waals surface area (Å²) in [5, 5.41) is 16.9. The Balaban J connectivity index is 1.57. The first-order valence-corrected chi connectivity index (χ1v) is 15.5. The lowest BCUT2D eigenvalue weighted by atomic mass is 10.0. The van der Waals surface area contributed by atoms with Crippen molar-refractivity contribution in [3.05, 3.63) is 95.0 Å². The molecule has 228 valence electrons. The van der Waals surface area contributed by atoms with Crippen LogP contribution in [-0.4, -0.2) is 59.4 Å². The number of amides is 2. The quantitative estimate of drug-likeness (QED) is 0.199. The minimum atomic E-state index is -4.03. The lowest BCUT2D eigenvalue weighted by Gasteiger charge is -2.30. The van der Waals surface area contributed by atoms with Crippen LogP contribution in [0.15, 0.2) is 93.0 Å². The number of hydrogen-bond donors (Lipinski definition) is 3. The number of nitrogens with zero attached hydrogens (tertiary/aromatic N) is 2. The average Bonchev–Trinajstić information content (AvgIpc) is 3.29. The topological polar surface area (TPSA) is 151 Å². The fourth-order valence-corrected chi connectivity index (χ4v) is 6.25. The monoisotopic (exact) mass is 608 g/mol. The van der Waals surface area contributed by atoms with Gasteiger partial charge < -0.3 is 20.2 Å². The number of rotatable bonds is 14. The number of nitrogens with one attached hydrogen (secondary N) is 2. The van der Waals surface area contributed by atoms with Crippen molar-refractivity contribution in [3.8, 4) is 0 Å². The largest absolute Gasteiger partial charge is 0.420 e. The third kappa shape index (κ3) is 8.19. The van der Waals surface area contributed by atoms with Crippen LogP contribution in [0.3, 0.4) is 0 Å². The van der Waals surface area contributed by atoms with E-state index in [1.54, 1.807) is 24.3 Å². The standard InChI is InChI=1S/C31H36N4O7S/c1-3-4-18-34(43(40,41)25-16-14-24(15-17-25)32-22(2)36)20-28(37)26(19-23-10-6-5-7-11-23)33-30(38)21-35-27-12-8-9-13-29(27)42-31(35)39/h5-17,26,28,37H,3-4,18-21H2,1-2H3,(H,32,36)(H,33,38)/t26-,28+/m0/s1. The summed E-state index contributed by atoms with van der Waals surface area (Å²) in [7, 11) is -4.03. The molecule has 1 heterocycles. The first-order chi connectivity index (χ1) is 20.6. The molecule has 3 aromatic carbocycles. The fourth-order valence-electron chi connectivity index (χ4n) is 4.75. The van der Waals surface area contributed by atoms with E-state index < -0.39 is 33.8 Å². The maximum absolute atomic E-state index is 13.7. The van der Waals surface area contributed by atoms with Gasteiger partial charge in [-0.2, -0.15) is 4.31 Å². The molecule has 0 bridgehead atoms. The van der Waals surface area contributed by atoms with Crippen LogP contribution < -0.4 is 16.4 Å². The van der Waals surface area contributed by atoms with Gasteiger partial charge in [0.15, 0.2) is 5.58 Å². The van der Waals surface area contributed by atoms with Gasteiger partial charge in [0.2, 0.25) is 21.8 Å². The Morgan fingerprint density at radius 1 is 1.00 bits per heavy atom. The minimum Gasteiger partial charge on any atom is -0.408 e. The molecule has 0 aliphatic rings. The highest BCUT2D eigenvalue weighted by molar-refractivity contribution is 7.89. The van der Waals surface area contributed by atoms with Crippen molar-refractivity contribution in [2.24, 2.45) is 0 Å². The molecule has 0 fully saturated rings. The van der Waals surface area contributed by atoms with Gasteiger partial charge in [-0.3, -0.25) is 14.2 Å². The van der Waals surface area contributed by atoms with E-state index >= 15 is 0 Å². The zero-order chi connectivity index (χ0) is 31.0. The third-order valence-electron chi connectivity index (χ3n) is 6.95. The first kappa shape index (κ1) is 31.7. The van der Waals surface area contributed by atoms with Gasteiger partial charge in [-0.25, -0.2) is 13.2 Å². The van der Waals surface area contributed by atoms with E-state index in [1.807, 2.05) is 37.3 Å². The third-order valence-corrected chi connectivity index (χ3v) is 8.83. The number of fused-ring (bicyclic) bond motifs is 1. The van der Waals surface area contributed by atoms with Crippen molar-refractivity contribution >= 4 is 38.6 Å². The van der Waals surface area contributed by atoms with Crippen LogP contribution >= 0.6 is 0 Å². The lowest BCUT2D eigenvalue weighted by Crippen LogP contribution is -2.51. The molecule has 2 atom stereocenters. The van der Waals surface area contributed by atoms with Crippen molar-refractivity contribution in [1.82, 2.24) is 14.2 Å². The van der Waals surface area contributed by atoms with Gasteiger partial charge in [-0.05, 0) is 54.8 Å². The zero-order valence-corrected chi connectivity index (χ0v) is 24.9. The predicted octanol–water partition coefficient (Wildman–Crippen LogP) is 3.13. The first-order valence-electron chi connectivity index (χ1n) is 14.1. The summed E-state index contributed by atoms with van der Waals surface area (Å²) in [5.74, 6) is -1.50. The number of anilines is 1. The molecular formula is C31H36N4O7S. The highest BCUT2D eigenvalue weighted by Gasteiger charge is 2.31. The molecule has 0 aliphatic heterocycles. The van der Waals surface area contributed by atoms with Crippen LogP contribution in [0.2, 0.25) is 0 Å². The fraction of sp³-hybridized carbons (Fsp3) is 0.323. The summed E-state index contributed by atoms with van der Waals surface area (Å²) >= 11 is 0. The maximum atomic E-state index is 13.7. The van der Waals surface area contributed by atoms with E-state index in [4.69, 9.17) is 4.42 Å². The Morgan fingerprint density at radius 2 is 1.67 bits per heavy atom. The molecular weight excluding hydrogens is 572 g/mol. The molecule has 0 aliphatic carbocycles. The van der Waals surface area contributed by atoms with E-state index in [1.165, 1.54) is 40.1 Å². The minimum absolute atomic E-state index is 0.0137. The van der Waals surface area contributed by atoms with E-state index in [9.17, 15) is 27.9 Å². The van der Waals surface area contributed by atoms with E-state index in [0.717, 1.165) is 12.0 Å². The second kappa shape index (κ2) is 14.3. The van der Waals surface area contributed by atoms with Crippen molar-refractivity contribution in [2.75, 3.05) is 18.4 Å². The van der Waals surface area contributed by atoms with Crippen LogP contribution in [0.5, 0.6) is 0 Å². The predicted molar refractivity (Wildman–Crippen MR) is 163 cm³/mol. The second-order valence-corrected chi connectivity index (χ2v) is 12.2. The molecule has 4 rings (SSSR count). The second-order valence-electron chi connectivity index (χ2n) is 10.3. The van der Waals surface area contributed by atoms with Crippen LogP contribution in [0.4, 0.5) is 5.69 Å². The highest BCUT2D eigenvalue weighted by atomic mass is 32.2. The number of oxazole rings is 1. The molecule has 0 radical (unpaired) electrons. The average molecular weight is 609 g/mol. The molecule has 0 saturated carbocycles. The molecule has 12 heteroatoms. The molecule has 0 saturated heterocycles. The van der Waals surface area contributed by atoms with Gasteiger partial charge in [0.05, 0.1) is 22.6 Å². The normalized spacial score (nSPS) is 13.1. The van der Waals surface area contributed by atoms with Gasteiger partial charge in [0, 0.05) is 25.7 Å². The molecule has 0 spiro atoms. The highest BCUT2D eigenvalue weighted by Crippen LogP contribution is 2.21. The molecule has 3 N–H and O–H groups in total. The SMILES string of the molecule is CCCCN(C[C@@H](O)[C@H](Cc1ccccc1)NC(=O)Cn1c(=O)oc2ccccc21)S(=O)(=O)c1ccc(NC(C)=O)cc1. The van der Waals surface area contributed by atoms with Crippen LogP contribution in [0, 0.1) is 0 Å². The number of para-hydroxylation sites is 2.